The van der Waals surface area contributed by atoms with Crippen LogP contribution in [0.15, 0.2) is 48.6 Å². The zero-order valence-corrected chi connectivity index (χ0v) is 89.2. The van der Waals surface area contributed by atoms with Crippen molar-refractivity contribution in [2.24, 2.45) is 0 Å². The molecule has 0 aliphatic heterocycles. The molecule has 0 amide bonds. The molecule has 0 bridgehead atoms. The molecule has 0 heterocycles. The third-order valence-corrected chi connectivity index (χ3v) is 22.7. The monoisotopic (exact) mass is 2010 g/mol. The molecule has 121 heavy (non-hydrogen) atoms. The normalized spacial score (nSPS) is 10.9. The fourth-order valence-electron chi connectivity index (χ4n) is 14.8. The predicted octanol–water partition coefficient (Wildman–Crippen LogP) is 34.4. The fraction of sp³-hybridized carbons (Fsp3) is 0.887. The molecular formula is C106H206O8S5Sn2. The Morgan fingerprint density at radius 3 is 0.380 bits per heavy atom. The van der Waals surface area contributed by atoms with Gasteiger partial charge in [0.2, 0.25) is 0 Å². The van der Waals surface area contributed by atoms with E-state index in [-0.39, 0.29) is 100 Å². The Bertz CT molecular complexity index is 1710. The Hall–Kier alpha value is 0.187. The first kappa shape index (κ1) is 139. The van der Waals surface area contributed by atoms with Crippen LogP contribution in [0.3, 0.4) is 0 Å². The number of hydrogen-bond acceptors (Lipinski definition) is 12. The van der Waals surface area contributed by atoms with Gasteiger partial charge in [-0.05, 0) is 103 Å². The minimum atomic E-state index is -0.0784. The van der Waals surface area contributed by atoms with E-state index in [0.29, 0.717) is 75.1 Å². The number of esters is 4. The topological polar surface area (TPSA) is 105 Å². The van der Waals surface area contributed by atoms with Crippen LogP contribution >= 0.6 is 13.5 Å². The molecule has 0 unspecified atom stereocenters. The zero-order chi connectivity index (χ0) is 85.0. The number of ether oxygens (including phenoxy) is 4. The predicted molar refractivity (Wildman–Crippen MR) is 557 cm³/mol. The molecule has 0 N–H and O–H groups in total. The number of unbranched alkanes of at least 4 members (excludes halogenated alkanes) is 68. The smallest absolute Gasteiger partial charge is 0.789 e. The summed E-state index contributed by atoms with van der Waals surface area (Å²) in [4.78, 5) is 45.3. The first-order valence-corrected chi connectivity index (χ1v) is 53.1. The van der Waals surface area contributed by atoms with Crippen LogP contribution in [-0.4, -0.2) is 121 Å². The van der Waals surface area contributed by atoms with Crippen molar-refractivity contribution in [2.75, 3.05) is 49.4 Å². The molecule has 0 rings (SSSR count). The number of carbonyl (C=O) groups excluding carboxylic acids is 4. The van der Waals surface area contributed by atoms with Crippen molar-refractivity contribution in [1.82, 2.24) is 0 Å². The molecule has 0 aromatic heterocycles. The van der Waals surface area contributed by atoms with Gasteiger partial charge in [0.05, 0.1) is 26.4 Å². The van der Waals surface area contributed by atoms with E-state index in [1.165, 1.54) is 437 Å². The summed E-state index contributed by atoms with van der Waals surface area (Å²) in [6, 6.07) is 0. The Morgan fingerprint density at radius 2 is 0.281 bits per heavy atom. The first-order valence-electron chi connectivity index (χ1n) is 50.8. The molecule has 15 heteroatoms. The van der Waals surface area contributed by atoms with Gasteiger partial charge in [0.15, 0.2) is 0 Å². The molecule has 0 saturated carbocycles. The summed E-state index contributed by atoms with van der Waals surface area (Å²) < 4.78 is 20.0. The minimum Gasteiger partial charge on any atom is -0.789 e. The minimum absolute atomic E-state index is 0. The standard InChI is InChI=1S/4C26H50O2S.2CH4.H2S.2Sn/c4*1-2-3-4-5-6-7-8-9-10-11-12-13-14-15-16-17-18-19-20-21-22-23-26(27)28-24-25-29;;;;;/h4*3-4,29H,2,5-25H2,1H3;2*1H4;1H2;;/q;;;;;;;2*+2/p-4/b4*4-3+;;;;;. The summed E-state index contributed by atoms with van der Waals surface area (Å²) in [6.07, 6.45) is 123. The van der Waals surface area contributed by atoms with Crippen LogP contribution < -0.4 is 0 Å². The van der Waals surface area contributed by atoms with E-state index in [4.69, 9.17) is 69.5 Å². The van der Waals surface area contributed by atoms with Crippen LogP contribution in [0.25, 0.3) is 0 Å². The third kappa shape index (κ3) is 143. The second-order valence-electron chi connectivity index (χ2n) is 33.4. The van der Waals surface area contributed by atoms with E-state index < -0.39 is 0 Å². The number of allylic oxidation sites excluding steroid dienone is 8. The molecule has 0 aliphatic rings. The van der Waals surface area contributed by atoms with Gasteiger partial charge in [0.1, 0.15) is 0 Å². The van der Waals surface area contributed by atoms with Gasteiger partial charge in [0, 0.05) is 25.7 Å². The Morgan fingerprint density at radius 1 is 0.182 bits per heavy atom. The molecule has 0 aromatic carbocycles. The van der Waals surface area contributed by atoms with Gasteiger partial charge in [-0.25, -0.2) is 0 Å². The van der Waals surface area contributed by atoms with Crippen molar-refractivity contribution in [2.45, 2.75) is 556 Å². The van der Waals surface area contributed by atoms with Gasteiger partial charge < -0.3 is 69.5 Å². The van der Waals surface area contributed by atoms with Crippen LogP contribution in [0.4, 0.5) is 0 Å². The van der Waals surface area contributed by atoms with E-state index in [2.05, 4.69) is 76.3 Å². The van der Waals surface area contributed by atoms with E-state index in [1.807, 2.05) is 0 Å². The van der Waals surface area contributed by atoms with Crippen LogP contribution in [-0.2, 0) is 88.6 Å². The largest absolute Gasteiger partial charge is 2.00 e. The average molecular weight is 2010 g/mol. The molecule has 0 fully saturated rings. The maximum Gasteiger partial charge on any atom is 2.00 e. The van der Waals surface area contributed by atoms with Crippen molar-refractivity contribution in [3.05, 3.63) is 48.6 Å². The molecular weight excluding hydrogens is 1800 g/mol. The van der Waals surface area contributed by atoms with Crippen molar-refractivity contribution in [1.29, 1.82) is 0 Å². The number of hydrogen-bond donors (Lipinski definition) is 0. The maximum absolute atomic E-state index is 11.3. The number of carbonyl (C=O) groups is 4. The summed E-state index contributed by atoms with van der Waals surface area (Å²) in [5.41, 5.74) is 0. The molecule has 0 aromatic rings. The molecule has 0 aliphatic carbocycles. The van der Waals surface area contributed by atoms with Crippen molar-refractivity contribution < 1.29 is 38.1 Å². The van der Waals surface area contributed by atoms with Gasteiger partial charge in [-0.3, -0.25) is 19.2 Å². The average Bonchev–Trinajstić information content (AvgIpc) is 1.07. The molecule has 0 spiro atoms. The van der Waals surface area contributed by atoms with E-state index >= 15 is 0 Å². The third-order valence-electron chi connectivity index (χ3n) is 22.0. The van der Waals surface area contributed by atoms with Crippen LogP contribution in [0.2, 0.25) is 0 Å². The Kier molecular flexibility index (Phi) is 156. The van der Waals surface area contributed by atoms with E-state index in [0.717, 1.165) is 51.4 Å². The Labute approximate surface area is 820 Å². The summed E-state index contributed by atoms with van der Waals surface area (Å²) in [6.45, 7) is 10.4. The second kappa shape index (κ2) is 136. The van der Waals surface area contributed by atoms with Crippen LogP contribution in [0, 0.1) is 0 Å². The van der Waals surface area contributed by atoms with Gasteiger partial charge in [-0.15, -0.1) is 23.0 Å². The summed E-state index contributed by atoms with van der Waals surface area (Å²) in [7, 11) is 0. The molecule has 0 saturated heterocycles. The molecule has 8 nitrogen and oxygen atoms in total. The second-order valence-corrected chi connectivity index (χ2v) is 35.0. The Balaban J connectivity index is -0.000000195. The summed E-state index contributed by atoms with van der Waals surface area (Å²) >= 11 is 19.0. The summed E-state index contributed by atoms with van der Waals surface area (Å²) in [5.74, 6) is 1.70. The van der Waals surface area contributed by atoms with E-state index in [1.54, 1.807) is 0 Å². The van der Waals surface area contributed by atoms with Crippen molar-refractivity contribution in [3.8, 4) is 0 Å². The molecule has 0 atom stereocenters. The van der Waals surface area contributed by atoms with Gasteiger partial charge in [-0.2, -0.15) is 13.5 Å². The number of rotatable bonds is 92. The SMILES string of the molecule is C.C.CC/C=C/CCCCCCCCCCCCCCCCCCCC(=O)OCC[S-].CC/C=C/CCCCCCCCCCCCCCCCCCCC(=O)OCC[S-].CC/C=C/CCCCCCCCCCCCCCCCCCCC(=O)OCC[S-].CC/C=C/CCCCCCCCCCCCCCCCCCCC(=O)OCC[S-].S.[Sn+2].[Sn+2]. The zero-order valence-electron chi connectivity index (χ0n) is 79.2. The molecule has 4 radical (unpaired) electrons. The van der Waals surface area contributed by atoms with Crippen LogP contribution in [0.1, 0.15) is 556 Å². The molecule has 716 valence electrons. The van der Waals surface area contributed by atoms with Gasteiger partial charge in [-0.1, -0.05) is 476 Å². The van der Waals surface area contributed by atoms with Crippen molar-refractivity contribution >= 4 is 136 Å². The maximum atomic E-state index is 11.3. The van der Waals surface area contributed by atoms with Gasteiger partial charge in [0.25, 0.3) is 0 Å². The van der Waals surface area contributed by atoms with Crippen LogP contribution in [0.5, 0.6) is 0 Å². The van der Waals surface area contributed by atoms with E-state index in [9.17, 15) is 19.2 Å². The van der Waals surface area contributed by atoms with Crippen molar-refractivity contribution in [3.63, 3.8) is 0 Å². The summed E-state index contributed by atoms with van der Waals surface area (Å²) in [5, 5.41) is 0. The fourth-order valence-corrected chi connectivity index (χ4v) is 15.1. The first-order chi connectivity index (χ1) is 57.2. The quantitative estimate of drug-likeness (QED) is 0.0145. The van der Waals surface area contributed by atoms with Gasteiger partial charge >= 0.3 is 71.7 Å².